The van der Waals surface area contributed by atoms with Crippen molar-refractivity contribution in [3.8, 4) is 0 Å². The van der Waals surface area contributed by atoms with Gasteiger partial charge in [-0.2, -0.15) is 0 Å². The molecule has 0 radical (unpaired) electrons. The van der Waals surface area contributed by atoms with Gasteiger partial charge >= 0.3 is 0 Å². The lowest BCUT2D eigenvalue weighted by molar-refractivity contribution is -0.123. The number of hydrogen-bond donors (Lipinski definition) is 1. The zero-order valence-corrected chi connectivity index (χ0v) is 10.4. The Morgan fingerprint density at radius 3 is 2.65 bits per heavy atom. The zero-order chi connectivity index (χ0) is 12.7. The van der Waals surface area contributed by atoms with Crippen LogP contribution in [-0.2, 0) is 4.79 Å². The molecule has 2 rings (SSSR count). The highest BCUT2D eigenvalue weighted by Crippen LogP contribution is 2.64. The molecule has 1 amide bonds. The van der Waals surface area contributed by atoms with Gasteiger partial charge in [-0.05, 0) is 33.2 Å². The maximum absolute atomic E-state index is 13.3. The molecule has 1 atom stereocenters. The second-order valence-electron chi connectivity index (χ2n) is 5.70. The van der Waals surface area contributed by atoms with E-state index in [4.69, 9.17) is 0 Å². The minimum absolute atomic E-state index is 0.00228. The van der Waals surface area contributed by atoms with Gasteiger partial charge in [-0.15, -0.1) is 0 Å². The summed E-state index contributed by atoms with van der Waals surface area (Å²) in [5, 5.41) is 2.79. The SMILES string of the molecule is CC(C)NC(=O)CN1CCCC2(C1)CC2(F)F. The Morgan fingerprint density at radius 1 is 1.47 bits per heavy atom. The number of hydrogen-bond acceptors (Lipinski definition) is 2. The predicted molar refractivity (Wildman–Crippen MR) is 60.9 cm³/mol. The first-order valence-corrected chi connectivity index (χ1v) is 6.24. The molecular weight excluding hydrogens is 226 g/mol. The Kier molecular flexibility index (Phi) is 3.14. The highest BCUT2D eigenvalue weighted by molar-refractivity contribution is 5.78. The van der Waals surface area contributed by atoms with Crippen LogP contribution in [0.4, 0.5) is 8.78 Å². The van der Waals surface area contributed by atoms with E-state index < -0.39 is 11.3 Å². The van der Waals surface area contributed by atoms with Crippen LogP contribution in [0.15, 0.2) is 0 Å². The average Bonchev–Trinajstić information content (AvgIpc) is 2.64. The highest BCUT2D eigenvalue weighted by Gasteiger charge is 2.71. The topological polar surface area (TPSA) is 32.3 Å². The fourth-order valence-electron chi connectivity index (χ4n) is 2.76. The predicted octanol–water partition coefficient (Wildman–Crippen LogP) is 1.63. The summed E-state index contributed by atoms with van der Waals surface area (Å²) in [6.07, 6.45) is 1.37. The third-order valence-corrected chi connectivity index (χ3v) is 3.68. The molecule has 2 fully saturated rings. The van der Waals surface area contributed by atoms with Crippen molar-refractivity contribution < 1.29 is 13.6 Å². The maximum Gasteiger partial charge on any atom is 0.255 e. The minimum atomic E-state index is -2.50. The number of piperidine rings is 1. The number of likely N-dealkylation sites (tertiary alicyclic amines) is 1. The molecule has 17 heavy (non-hydrogen) atoms. The van der Waals surface area contributed by atoms with E-state index in [1.54, 1.807) is 0 Å². The van der Waals surface area contributed by atoms with Gasteiger partial charge in [-0.3, -0.25) is 9.69 Å². The summed E-state index contributed by atoms with van der Waals surface area (Å²) in [5.74, 6) is -2.57. The van der Waals surface area contributed by atoms with Crippen LogP contribution in [-0.4, -0.2) is 42.4 Å². The van der Waals surface area contributed by atoms with Crippen LogP contribution in [0.25, 0.3) is 0 Å². The number of alkyl halides is 2. The van der Waals surface area contributed by atoms with Crippen LogP contribution in [0.2, 0.25) is 0 Å². The molecule has 0 bridgehead atoms. The maximum atomic E-state index is 13.3. The zero-order valence-electron chi connectivity index (χ0n) is 10.4. The van der Waals surface area contributed by atoms with E-state index in [0.717, 1.165) is 13.0 Å². The van der Waals surface area contributed by atoms with Crippen molar-refractivity contribution in [2.24, 2.45) is 5.41 Å². The monoisotopic (exact) mass is 246 g/mol. The standard InChI is InChI=1S/C12H20F2N2O/c1-9(2)15-10(17)6-16-5-3-4-11(8-16)7-12(11,13)14/h9H,3-8H2,1-2H3,(H,15,17). The largest absolute Gasteiger partial charge is 0.353 e. The third kappa shape index (κ3) is 2.59. The Balaban J connectivity index is 1.85. The third-order valence-electron chi connectivity index (χ3n) is 3.68. The number of nitrogens with one attached hydrogen (secondary N) is 1. The molecule has 0 aromatic carbocycles. The quantitative estimate of drug-likeness (QED) is 0.821. The number of nitrogens with zero attached hydrogens (tertiary/aromatic N) is 1. The molecule has 1 aliphatic heterocycles. The summed E-state index contributed by atoms with van der Waals surface area (Å²) in [4.78, 5) is 13.4. The summed E-state index contributed by atoms with van der Waals surface area (Å²) in [5.41, 5.74) is -0.816. The molecule has 1 aliphatic carbocycles. The van der Waals surface area contributed by atoms with Crippen LogP contribution >= 0.6 is 0 Å². The fourth-order valence-corrected chi connectivity index (χ4v) is 2.76. The van der Waals surface area contributed by atoms with E-state index in [0.29, 0.717) is 13.0 Å². The molecule has 1 saturated heterocycles. The summed E-state index contributed by atoms with van der Waals surface area (Å²) in [7, 11) is 0. The van der Waals surface area contributed by atoms with Crippen LogP contribution in [0, 0.1) is 5.41 Å². The molecule has 1 unspecified atom stereocenters. The minimum Gasteiger partial charge on any atom is -0.353 e. The van der Waals surface area contributed by atoms with Crippen LogP contribution in [0.3, 0.4) is 0 Å². The van der Waals surface area contributed by atoms with E-state index in [9.17, 15) is 13.6 Å². The van der Waals surface area contributed by atoms with Gasteiger partial charge in [0, 0.05) is 19.0 Å². The molecule has 98 valence electrons. The summed E-state index contributed by atoms with van der Waals surface area (Å²) in [6.45, 7) is 5.15. The highest BCUT2D eigenvalue weighted by atomic mass is 19.3. The van der Waals surface area contributed by atoms with Gasteiger partial charge in [0.05, 0.1) is 12.0 Å². The summed E-state index contributed by atoms with van der Waals surface area (Å²) < 4.78 is 26.5. The van der Waals surface area contributed by atoms with E-state index >= 15 is 0 Å². The summed E-state index contributed by atoms with van der Waals surface area (Å²) >= 11 is 0. The van der Waals surface area contributed by atoms with Crippen LogP contribution in [0.1, 0.15) is 33.1 Å². The van der Waals surface area contributed by atoms with E-state index in [1.165, 1.54) is 0 Å². The molecule has 0 aromatic rings. The van der Waals surface area contributed by atoms with E-state index in [-0.39, 0.29) is 24.9 Å². The van der Waals surface area contributed by atoms with Gasteiger partial charge in [-0.25, -0.2) is 8.78 Å². The molecule has 1 heterocycles. The van der Waals surface area contributed by atoms with Crippen molar-refractivity contribution in [2.45, 2.75) is 45.1 Å². The Labute approximate surface area is 101 Å². The Morgan fingerprint density at radius 2 is 2.12 bits per heavy atom. The molecule has 5 heteroatoms. The molecular formula is C12H20F2N2O. The Hall–Kier alpha value is -0.710. The first kappa shape index (κ1) is 12.7. The normalized spacial score (nSPS) is 31.8. The lowest BCUT2D eigenvalue weighted by Gasteiger charge is -2.32. The average molecular weight is 246 g/mol. The van der Waals surface area contributed by atoms with Crippen molar-refractivity contribution in [3.63, 3.8) is 0 Å². The number of carbonyl (C=O) groups excluding carboxylic acids is 1. The smallest absolute Gasteiger partial charge is 0.255 e. The number of rotatable bonds is 3. The van der Waals surface area contributed by atoms with Crippen molar-refractivity contribution >= 4 is 5.91 Å². The van der Waals surface area contributed by atoms with Gasteiger partial charge in [-0.1, -0.05) is 0 Å². The van der Waals surface area contributed by atoms with E-state index in [2.05, 4.69) is 5.32 Å². The van der Waals surface area contributed by atoms with Crippen molar-refractivity contribution in [3.05, 3.63) is 0 Å². The van der Waals surface area contributed by atoms with Crippen molar-refractivity contribution in [1.82, 2.24) is 10.2 Å². The molecule has 1 N–H and O–H groups in total. The van der Waals surface area contributed by atoms with Gasteiger partial charge in [0.15, 0.2) is 0 Å². The van der Waals surface area contributed by atoms with Crippen molar-refractivity contribution in [2.75, 3.05) is 19.6 Å². The summed E-state index contributed by atoms with van der Waals surface area (Å²) in [6, 6.07) is 0.101. The second kappa shape index (κ2) is 4.19. The molecule has 2 aliphatic rings. The lowest BCUT2D eigenvalue weighted by atomic mass is 9.94. The second-order valence-corrected chi connectivity index (χ2v) is 5.70. The molecule has 1 saturated carbocycles. The first-order valence-electron chi connectivity index (χ1n) is 6.24. The number of carbonyl (C=O) groups is 1. The number of amides is 1. The van der Waals surface area contributed by atoms with Crippen LogP contribution in [0.5, 0.6) is 0 Å². The van der Waals surface area contributed by atoms with Gasteiger partial charge in [0.2, 0.25) is 5.91 Å². The first-order chi connectivity index (χ1) is 7.85. The lowest BCUT2D eigenvalue weighted by Crippen LogP contribution is -2.45. The fraction of sp³-hybridized carbons (Fsp3) is 0.917. The van der Waals surface area contributed by atoms with Gasteiger partial charge in [0.25, 0.3) is 5.92 Å². The van der Waals surface area contributed by atoms with Crippen LogP contribution < -0.4 is 5.32 Å². The number of halogens is 2. The molecule has 3 nitrogen and oxygen atoms in total. The van der Waals surface area contributed by atoms with E-state index in [1.807, 2.05) is 18.7 Å². The van der Waals surface area contributed by atoms with Gasteiger partial charge in [0.1, 0.15) is 0 Å². The molecule has 1 spiro atoms. The molecule has 0 aromatic heterocycles. The van der Waals surface area contributed by atoms with Crippen molar-refractivity contribution in [1.29, 1.82) is 0 Å². The van der Waals surface area contributed by atoms with Gasteiger partial charge < -0.3 is 5.32 Å². The Bertz CT molecular complexity index is 320.